The number of methoxy groups -OCH3 is 1. The van der Waals surface area contributed by atoms with Crippen LogP contribution in [0.5, 0.6) is 0 Å². The van der Waals surface area contributed by atoms with Gasteiger partial charge in [0.1, 0.15) is 5.01 Å². The molecule has 0 aliphatic rings. The smallest absolute Gasteiger partial charge is 0.312 e. The van der Waals surface area contributed by atoms with Crippen molar-refractivity contribution < 1.29 is 9.53 Å². The van der Waals surface area contributed by atoms with Crippen molar-refractivity contribution in [3.05, 3.63) is 34.9 Å². The number of thiazole rings is 1. The Morgan fingerprint density at radius 2 is 2.19 bits per heavy atom. The van der Waals surface area contributed by atoms with Crippen LogP contribution in [0.15, 0.2) is 29.9 Å². The number of hydrogen-bond acceptors (Lipinski definition) is 5. The number of pyridine rings is 1. The molecule has 0 aliphatic heterocycles. The molecule has 2 aromatic rings. The van der Waals surface area contributed by atoms with Crippen molar-refractivity contribution >= 4 is 17.3 Å². The first-order chi connectivity index (χ1) is 7.79. The van der Waals surface area contributed by atoms with Crippen molar-refractivity contribution in [3.8, 4) is 11.3 Å². The Morgan fingerprint density at radius 1 is 1.44 bits per heavy atom. The van der Waals surface area contributed by atoms with Crippen LogP contribution in [0.25, 0.3) is 11.3 Å². The molecule has 0 saturated heterocycles. The molecule has 0 spiro atoms. The van der Waals surface area contributed by atoms with Gasteiger partial charge >= 0.3 is 5.97 Å². The predicted molar refractivity (Wildman–Crippen MR) is 61.1 cm³/mol. The highest BCUT2D eigenvalue weighted by Crippen LogP contribution is 2.21. The Kier molecular flexibility index (Phi) is 3.26. The summed E-state index contributed by atoms with van der Waals surface area (Å²) in [5.41, 5.74) is 1.87. The fraction of sp³-hybridized carbons (Fsp3) is 0.182. The third-order valence-corrected chi connectivity index (χ3v) is 2.90. The van der Waals surface area contributed by atoms with Crippen LogP contribution in [0.1, 0.15) is 5.01 Å². The van der Waals surface area contributed by atoms with E-state index in [9.17, 15) is 4.79 Å². The molecule has 0 aromatic carbocycles. The number of rotatable bonds is 3. The van der Waals surface area contributed by atoms with Gasteiger partial charge in [0.15, 0.2) is 0 Å². The number of esters is 1. The molecule has 0 N–H and O–H groups in total. The monoisotopic (exact) mass is 234 g/mol. The second-order valence-electron chi connectivity index (χ2n) is 3.12. The van der Waals surface area contributed by atoms with E-state index in [0.717, 1.165) is 16.3 Å². The van der Waals surface area contributed by atoms with Gasteiger partial charge in [-0.05, 0) is 12.1 Å². The van der Waals surface area contributed by atoms with Gasteiger partial charge in [-0.25, -0.2) is 4.98 Å². The van der Waals surface area contributed by atoms with Crippen LogP contribution in [-0.4, -0.2) is 23.0 Å². The van der Waals surface area contributed by atoms with E-state index in [-0.39, 0.29) is 12.4 Å². The van der Waals surface area contributed by atoms with E-state index in [1.807, 2.05) is 17.5 Å². The maximum Gasteiger partial charge on any atom is 0.312 e. The van der Waals surface area contributed by atoms with Crippen molar-refractivity contribution in [2.24, 2.45) is 0 Å². The lowest BCUT2D eigenvalue weighted by Gasteiger charge is -1.95. The lowest BCUT2D eigenvalue weighted by atomic mass is 10.2. The molecule has 0 unspecified atom stereocenters. The summed E-state index contributed by atoms with van der Waals surface area (Å²) in [7, 11) is 1.37. The van der Waals surface area contributed by atoms with Gasteiger partial charge in [0.25, 0.3) is 0 Å². The summed E-state index contributed by atoms with van der Waals surface area (Å²) in [6.45, 7) is 0. The van der Waals surface area contributed by atoms with Crippen molar-refractivity contribution in [1.82, 2.24) is 9.97 Å². The van der Waals surface area contributed by atoms with E-state index in [1.54, 1.807) is 12.4 Å². The average molecular weight is 234 g/mol. The predicted octanol–water partition coefficient (Wildman–Crippen LogP) is 1.92. The van der Waals surface area contributed by atoms with Gasteiger partial charge in [-0.2, -0.15) is 0 Å². The lowest BCUT2D eigenvalue weighted by molar-refractivity contribution is -0.139. The summed E-state index contributed by atoms with van der Waals surface area (Å²) in [4.78, 5) is 19.4. The maximum absolute atomic E-state index is 11.1. The zero-order valence-corrected chi connectivity index (χ0v) is 9.53. The Hall–Kier alpha value is -1.75. The van der Waals surface area contributed by atoms with E-state index in [2.05, 4.69) is 14.7 Å². The first-order valence-corrected chi connectivity index (χ1v) is 5.59. The number of ether oxygens (including phenoxy) is 1. The third-order valence-electron chi connectivity index (χ3n) is 2.05. The quantitative estimate of drug-likeness (QED) is 0.761. The minimum absolute atomic E-state index is 0.228. The molecule has 2 heterocycles. The fourth-order valence-electron chi connectivity index (χ4n) is 1.24. The van der Waals surface area contributed by atoms with Crippen LogP contribution in [0.2, 0.25) is 0 Å². The van der Waals surface area contributed by atoms with Crippen LogP contribution in [-0.2, 0) is 16.0 Å². The zero-order valence-electron chi connectivity index (χ0n) is 8.71. The summed E-state index contributed by atoms with van der Waals surface area (Å²) in [6, 6.07) is 3.77. The second kappa shape index (κ2) is 4.85. The lowest BCUT2D eigenvalue weighted by Crippen LogP contribution is -2.03. The third kappa shape index (κ3) is 2.43. The van der Waals surface area contributed by atoms with Gasteiger partial charge in [-0.3, -0.25) is 9.78 Å². The van der Waals surface area contributed by atoms with Gasteiger partial charge in [0.2, 0.25) is 0 Å². The van der Waals surface area contributed by atoms with E-state index in [4.69, 9.17) is 0 Å². The zero-order chi connectivity index (χ0) is 11.4. The summed E-state index contributed by atoms with van der Waals surface area (Å²) in [5.74, 6) is -0.268. The maximum atomic E-state index is 11.1. The highest BCUT2D eigenvalue weighted by atomic mass is 32.1. The van der Waals surface area contributed by atoms with E-state index >= 15 is 0 Å². The molecule has 0 amide bonds. The minimum Gasteiger partial charge on any atom is -0.469 e. The number of hydrogen-bond donors (Lipinski definition) is 0. The van der Waals surface area contributed by atoms with E-state index in [1.165, 1.54) is 18.4 Å². The highest BCUT2D eigenvalue weighted by Gasteiger charge is 2.08. The molecule has 0 atom stereocenters. The molecule has 0 aliphatic carbocycles. The molecule has 0 saturated carbocycles. The van der Waals surface area contributed by atoms with Gasteiger partial charge in [0.05, 0.1) is 19.2 Å². The second-order valence-corrected chi connectivity index (χ2v) is 4.06. The van der Waals surface area contributed by atoms with Crippen LogP contribution in [0, 0.1) is 0 Å². The first kappa shape index (κ1) is 10.8. The Bertz CT molecular complexity index is 482. The van der Waals surface area contributed by atoms with E-state index < -0.39 is 0 Å². The SMILES string of the molecule is COC(=O)Cc1nc(-c2ccncc2)cs1. The topological polar surface area (TPSA) is 52.1 Å². The van der Waals surface area contributed by atoms with Crippen LogP contribution >= 0.6 is 11.3 Å². The molecule has 82 valence electrons. The van der Waals surface area contributed by atoms with Crippen molar-refractivity contribution in [1.29, 1.82) is 0 Å². The highest BCUT2D eigenvalue weighted by molar-refractivity contribution is 7.10. The van der Waals surface area contributed by atoms with Crippen molar-refractivity contribution in [3.63, 3.8) is 0 Å². The fourth-order valence-corrected chi connectivity index (χ4v) is 2.03. The number of aromatic nitrogens is 2. The molecule has 0 bridgehead atoms. The Morgan fingerprint density at radius 3 is 2.88 bits per heavy atom. The van der Waals surface area contributed by atoms with Gasteiger partial charge in [0, 0.05) is 23.3 Å². The van der Waals surface area contributed by atoms with Crippen molar-refractivity contribution in [2.75, 3.05) is 7.11 Å². The summed E-state index contributed by atoms with van der Waals surface area (Å²) in [5, 5.41) is 2.69. The van der Waals surface area contributed by atoms with Crippen LogP contribution < -0.4 is 0 Å². The molecule has 0 fully saturated rings. The molecule has 16 heavy (non-hydrogen) atoms. The molecule has 0 radical (unpaired) electrons. The normalized spacial score (nSPS) is 10.1. The van der Waals surface area contributed by atoms with Gasteiger partial charge < -0.3 is 4.74 Å². The number of carbonyl (C=O) groups is 1. The standard InChI is InChI=1S/C11H10N2O2S/c1-15-11(14)6-10-13-9(7-16-10)8-2-4-12-5-3-8/h2-5,7H,6H2,1H3. The molecule has 5 heteroatoms. The first-order valence-electron chi connectivity index (χ1n) is 4.71. The number of nitrogens with zero attached hydrogens (tertiary/aromatic N) is 2. The summed E-state index contributed by atoms with van der Waals surface area (Å²) >= 11 is 1.46. The largest absolute Gasteiger partial charge is 0.469 e. The summed E-state index contributed by atoms with van der Waals surface area (Å²) in [6.07, 6.45) is 3.66. The van der Waals surface area contributed by atoms with Crippen LogP contribution in [0.3, 0.4) is 0 Å². The van der Waals surface area contributed by atoms with E-state index in [0.29, 0.717) is 0 Å². The van der Waals surface area contributed by atoms with Gasteiger partial charge in [-0.15, -0.1) is 11.3 Å². The molecular weight excluding hydrogens is 224 g/mol. The Labute approximate surface area is 96.9 Å². The Balaban J connectivity index is 2.17. The minimum atomic E-state index is -0.268. The van der Waals surface area contributed by atoms with Gasteiger partial charge in [-0.1, -0.05) is 0 Å². The molecular formula is C11H10N2O2S. The van der Waals surface area contributed by atoms with Crippen LogP contribution in [0.4, 0.5) is 0 Å². The van der Waals surface area contributed by atoms with Crippen molar-refractivity contribution in [2.45, 2.75) is 6.42 Å². The average Bonchev–Trinajstić information content (AvgIpc) is 2.78. The summed E-state index contributed by atoms with van der Waals surface area (Å²) < 4.78 is 4.59. The molecule has 2 aromatic heterocycles. The molecule has 2 rings (SSSR count). The molecule has 4 nitrogen and oxygen atoms in total. The number of carbonyl (C=O) groups excluding carboxylic acids is 1.